The number of aromatic hydroxyl groups is 1. The molecule has 1 saturated carbocycles. The zero-order chi connectivity index (χ0) is 15.7. The van der Waals surface area contributed by atoms with E-state index in [1.807, 2.05) is 0 Å². The van der Waals surface area contributed by atoms with E-state index in [2.05, 4.69) is 0 Å². The summed E-state index contributed by atoms with van der Waals surface area (Å²) in [6, 6.07) is 4.23. The fourth-order valence-corrected chi connectivity index (χ4v) is 2.80. The second-order valence-corrected chi connectivity index (χ2v) is 5.85. The van der Waals surface area contributed by atoms with Crippen molar-refractivity contribution in [2.75, 3.05) is 19.8 Å². The molecule has 7 nitrogen and oxygen atoms in total. The molecular weight excluding hydrogens is 288 g/mol. The molecule has 0 spiro atoms. The lowest BCUT2D eigenvalue weighted by molar-refractivity contribution is -0.385. The number of hydrogen-bond donors (Lipinski definition) is 1. The number of nitro groups is 1. The highest BCUT2D eigenvalue weighted by Crippen LogP contribution is 2.34. The van der Waals surface area contributed by atoms with Crippen molar-refractivity contribution in [2.24, 2.45) is 5.92 Å². The van der Waals surface area contributed by atoms with Crippen molar-refractivity contribution < 1.29 is 19.6 Å². The van der Waals surface area contributed by atoms with Gasteiger partial charge < -0.3 is 14.7 Å². The molecule has 2 fully saturated rings. The Bertz CT molecular complexity index is 594. The quantitative estimate of drug-likeness (QED) is 0.663. The molecule has 0 bridgehead atoms. The van der Waals surface area contributed by atoms with E-state index in [9.17, 15) is 20.0 Å². The Labute approximate surface area is 127 Å². The van der Waals surface area contributed by atoms with Crippen LogP contribution in [0.3, 0.4) is 0 Å². The molecule has 1 amide bonds. The Balaban J connectivity index is 1.84. The normalized spacial score (nSPS) is 20.8. The van der Waals surface area contributed by atoms with Gasteiger partial charge in [0.1, 0.15) is 0 Å². The van der Waals surface area contributed by atoms with Crippen molar-refractivity contribution in [3.8, 4) is 5.75 Å². The average Bonchev–Trinajstić information content (AvgIpc) is 3.20. The molecule has 1 aliphatic heterocycles. The molecule has 1 atom stereocenters. The van der Waals surface area contributed by atoms with Crippen LogP contribution >= 0.6 is 0 Å². The first-order chi connectivity index (χ1) is 10.6. The summed E-state index contributed by atoms with van der Waals surface area (Å²) in [5.74, 6) is -0.591. The lowest BCUT2D eigenvalue weighted by Crippen LogP contribution is -2.37. The first-order valence-corrected chi connectivity index (χ1v) is 7.43. The van der Waals surface area contributed by atoms with Gasteiger partial charge in [-0.15, -0.1) is 0 Å². The molecule has 3 rings (SSSR count). The van der Waals surface area contributed by atoms with Crippen LogP contribution in [0.5, 0.6) is 5.75 Å². The first kappa shape index (κ1) is 14.8. The van der Waals surface area contributed by atoms with Gasteiger partial charge >= 0.3 is 5.69 Å². The monoisotopic (exact) mass is 306 g/mol. The van der Waals surface area contributed by atoms with Crippen LogP contribution in [0.4, 0.5) is 5.69 Å². The van der Waals surface area contributed by atoms with Gasteiger partial charge in [0, 0.05) is 31.2 Å². The summed E-state index contributed by atoms with van der Waals surface area (Å²) in [4.78, 5) is 24.7. The number of carbonyl (C=O) groups is 1. The number of para-hydroxylation sites is 1. The van der Waals surface area contributed by atoms with Gasteiger partial charge in [0.2, 0.25) is 5.75 Å². The van der Waals surface area contributed by atoms with E-state index in [0.717, 1.165) is 19.3 Å². The fraction of sp³-hybridized carbons (Fsp3) is 0.533. The lowest BCUT2D eigenvalue weighted by Gasteiger charge is -2.25. The highest BCUT2D eigenvalue weighted by molar-refractivity contribution is 5.98. The van der Waals surface area contributed by atoms with Crippen molar-refractivity contribution >= 4 is 11.6 Å². The Morgan fingerprint density at radius 3 is 2.77 bits per heavy atom. The number of nitrogens with zero attached hydrogens (tertiary/aromatic N) is 2. The molecular formula is C15H18N2O5. The van der Waals surface area contributed by atoms with Gasteiger partial charge in [-0.2, -0.15) is 0 Å². The summed E-state index contributed by atoms with van der Waals surface area (Å²) in [5, 5.41) is 20.9. The second-order valence-electron chi connectivity index (χ2n) is 5.85. The van der Waals surface area contributed by atoms with Crippen LogP contribution in [0.15, 0.2) is 18.2 Å². The van der Waals surface area contributed by atoms with Crippen LogP contribution in [-0.2, 0) is 4.74 Å². The number of carbonyl (C=O) groups excluding carboxylic acids is 1. The minimum atomic E-state index is -0.682. The smallest absolute Gasteiger partial charge is 0.311 e. The van der Waals surface area contributed by atoms with Crippen LogP contribution in [-0.4, -0.2) is 46.6 Å². The molecule has 1 heterocycles. The zero-order valence-electron chi connectivity index (χ0n) is 12.1. The van der Waals surface area contributed by atoms with Crippen molar-refractivity contribution in [1.82, 2.24) is 4.90 Å². The second kappa shape index (κ2) is 5.92. The van der Waals surface area contributed by atoms with E-state index in [4.69, 9.17) is 4.74 Å². The number of rotatable bonds is 5. The molecule has 2 aliphatic rings. The Morgan fingerprint density at radius 2 is 2.18 bits per heavy atom. The molecule has 1 N–H and O–H groups in total. The molecule has 1 saturated heterocycles. The molecule has 22 heavy (non-hydrogen) atoms. The molecule has 1 aromatic carbocycles. The third-order valence-electron chi connectivity index (χ3n) is 4.17. The van der Waals surface area contributed by atoms with E-state index in [-0.39, 0.29) is 17.5 Å². The number of benzene rings is 1. The van der Waals surface area contributed by atoms with E-state index >= 15 is 0 Å². The maximum Gasteiger partial charge on any atom is 0.311 e. The average molecular weight is 306 g/mol. The number of phenolic OH excluding ortho intramolecular Hbond substituents is 1. The largest absolute Gasteiger partial charge is 0.502 e. The Hall–Kier alpha value is -2.15. The topological polar surface area (TPSA) is 92.9 Å². The standard InChI is InChI=1S/C15H18N2O5/c18-14-12(2-1-3-13(14)17(20)21)15(19)16(11-4-5-11)8-10-6-7-22-9-10/h1-3,10-11,18H,4-9H2/t10-/m0/s1. The van der Waals surface area contributed by atoms with Crippen molar-refractivity contribution in [1.29, 1.82) is 0 Å². The number of hydrogen-bond acceptors (Lipinski definition) is 5. The predicted octanol–water partition coefficient (Wildman–Crippen LogP) is 1.94. The van der Waals surface area contributed by atoms with Crippen molar-refractivity contribution in [3.63, 3.8) is 0 Å². The van der Waals surface area contributed by atoms with Gasteiger partial charge in [-0.25, -0.2) is 0 Å². The predicted molar refractivity (Wildman–Crippen MR) is 77.7 cm³/mol. The number of nitro benzene ring substituents is 1. The summed E-state index contributed by atoms with van der Waals surface area (Å²) in [7, 11) is 0. The van der Waals surface area contributed by atoms with Gasteiger partial charge in [0.05, 0.1) is 17.1 Å². The summed E-state index contributed by atoms with van der Waals surface area (Å²) < 4.78 is 5.34. The van der Waals surface area contributed by atoms with E-state index in [1.54, 1.807) is 4.90 Å². The number of phenols is 1. The molecule has 0 radical (unpaired) electrons. The first-order valence-electron chi connectivity index (χ1n) is 7.43. The van der Waals surface area contributed by atoms with E-state index < -0.39 is 16.4 Å². The van der Waals surface area contributed by atoms with Crippen LogP contribution in [0.25, 0.3) is 0 Å². The third kappa shape index (κ3) is 2.89. The summed E-state index contributed by atoms with van der Waals surface area (Å²) in [6.45, 7) is 1.92. The van der Waals surface area contributed by atoms with Gasteiger partial charge in [0.25, 0.3) is 5.91 Å². The van der Waals surface area contributed by atoms with E-state index in [0.29, 0.717) is 25.7 Å². The van der Waals surface area contributed by atoms with Gasteiger partial charge in [-0.1, -0.05) is 6.07 Å². The van der Waals surface area contributed by atoms with Crippen molar-refractivity contribution in [2.45, 2.75) is 25.3 Å². The molecule has 7 heteroatoms. The van der Waals surface area contributed by atoms with Crippen LogP contribution in [0.2, 0.25) is 0 Å². The van der Waals surface area contributed by atoms with Gasteiger partial charge in [0.15, 0.2) is 0 Å². The highest BCUT2D eigenvalue weighted by atomic mass is 16.6. The SMILES string of the molecule is O=C(c1cccc([N+](=O)[O-])c1O)N(C[C@@H]1CCOC1)C1CC1. The minimum Gasteiger partial charge on any atom is -0.502 e. The van der Waals surface area contributed by atoms with E-state index in [1.165, 1.54) is 18.2 Å². The fourth-order valence-electron chi connectivity index (χ4n) is 2.80. The van der Waals surface area contributed by atoms with Gasteiger partial charge in [-0.3, -0.25) is 14.9 Å². The molecule has 118 valence electrons. The van der Waals surface area contributed by atoms with Crippen LogP contribution < -0.4 is 0 Å². The van der Waals surface area contributed by atoms with Crippen molar-refractivity contribution in [3.05, 3.63) is 33.9 Å². The van der Waals surface area contributed by atoms with Crippen LogP contribution in [0.1, 0.15) is 29.6 Å². The lowest BCUT2D eigenvalue weighted by atomic mass is 10.1. The Kier molecular flexibility index (Phi) is 3.98. The molecule has 0 unspecified atom stereocenters. The maximum atomic E-state index is 12.7. The summed E-state index contributed by atoms with van der Waals surface area (Å²) in [6.07, 6.45) is 2.79. The summed E-state index contributed by atoms with van der Waals surface area (Å²) >= 11 is 0. The number of ether oxygens (including phenoxy) is 1. The zero-order valence-corrected chi connectivity index (χ0v) is 12.1. The highest BCUT2D eigenvalue weighted by Gasteiger charge is 2.36. The third-order valence-corrected chi connectivity index (χ3v) is 4.17. The minimum absolute atomic E-state index is 0.0000142. The Morgan fingerprint density at radius 1 is 1.41 bits per heavy atom. The van der Waals surface area contributed by atoms with Gasteiger partial charge in [-0.05, 0) is 25.3 Å². The molecule has 1 aromatic rings. The van der Waals surface area contributed by atoms with Crippen LogP contribution in [0, 0.1) is 16.0 Å². The maximum absolute atomic E-state index is 12.7. The number of amides is 1. The molecule has 1 aliphatic carbocycles. The molecule has 0 aromatic heterocycles. The summed E-state index contributed by atoms with van der Waals surface area (Å²) in [5.41, 5.74) is -0.439.